The molecule has 1 aliphatic rings. The van der Waals surface area contributed by atoms with Gasteiger partial charge in [-0.2, -0.15) is 0 Å². The van der Waals surface area contributed by atoms with Crippen LogP contribution in [0.25, 0.3) is 0 Å². The first kappa shape index (κ1) is 20.3. The molecule has 0 radical (unpaired) electrons. The number of anilines is 2. The molecule has 3 heterocycles. The number of rotatable bonds is 5. The lowest BCUT2D eigenvalue weighted by molar-refractivity contribution is -0.123. The highest BCUT2D eigenvalue weighted by molar-refractivity contribution is 7.18. The third kappa shape index (κ3) is 4.90. The first-order chi connectivity index (χ1) is 13.2. The van der Waals surface area contributed by atoms with Gasteiger partial charge in [-0.15, -0.1) is 11.3 Å². The lowest BCUT2D eigenvalue weighted by Gasteiger charge is -2.17. The van der Waals surface area contributed by atoms with Crippen molar-refractivity contribution in [2.75, 3.05) is 23.3 Å². The van der Waals surface area contributed by atoms with Crippen molar-refractivity contribution in [3.05, 3.63) is 40.4 Å². The van der Waals surface area contributed by atoms with E-state index in [4.69, 9.17) is 0 Å². The van der Waals surface area contributed by atoms with Crippen LogP contribution in [0.5, 0.6) is 0 Å². The SMILES string of the molecule is Cc1cc(NC(=O)C(C)(C)C)sc1C(=O)NCc1ccnc(N2CCCC2)c1. The molecule has 0 bridgehead atoms. The van der Waals surface area contributed by atoms with E-state index >= 15 is 0 Å². The molecule has 0 aromatic carbocycles. The Labute approximate surface area is 170 Å². The smallest absolute Gasteiger partial charge is 0.261 e. The van der Waals surface area contributed by atoms with E-state index in [9.17, 15) is 9.59 Å². The summed E-state index contributed by atoms with van der Waals surface area (Å²) < 4.78 is 0. The largest absolute Gasteiger partial charge is 0.357 e. The van der Waals surface area contributed by atoms with E-state index in [1.165, 1.54) is 24.2 Å². The number of pyridine rings is 1. The topological polar surface area (TPSA) is 74.3 Å². The van der Waals surface area contributed by atoms with E-state index in [1.54, 1.807) is 6.20 Å². The Hall–Kier alpha value is -2.41. The molecule has 2 N–H and O–H groups in total. The number of aryl methyl sites for hydroxylation is 1. The quantitative estimate of drug-likeness (QED) is 0.796. The van der Waals surface area contributed by atoms with Crippen molar-refractivity contribution in [1.82, 2.24) is 10.3 Å². The Morgan fingerprint density at radius 2 is 1.93 bits per heavy atom. The van der Waals surface area contributed by atoms with Crippen molar-refractivity contribution >= 4 is 34.0 Å². The second-order valence-corrected chi connectivity index (χ2v) is 9.28. The van der Waals surface area contributed by atoms with Crippen LogP contribution < -0.4 is 15.5 Å². The maximum atomic E-state index is 12.6. The summed E-state index contributed by atoms with van der Waals surface area (Å²) in [6, 6.07) is 5.82. The van der Waals surface area contributed by atoms with Gasteiger partial charge in [-0.25, -0.2) is 4.98 Å². The standard InChI is InChI=1S/C21H28N4O2S/c1-14-11-17(24-20(27)21(2,3)4)28-18(14)19(26)23-13-15-7-8-22-16(12-15)25-9-5-6-10-25/h7-8,11-12H,5-6,9-10,13H2,1-4H3,(H,23,26)(H,24,27). The number of carbonyl (C=O) groups excluding carboxylic acids is 2. The third-order valence-corrected chi connectivity index (χ3v) is 5.89. The number of hydrogen-bond acceptors (Lipinski definition) is 5. The third-order valence-electron chi connectivity index (χ3n) is 4.73. The Morgan fingerprint density at radius 1 is 1.21 bits per heavy atom. The predicted molar refractivity (Wildman–Crippen MR) is 114 cm³/mol. The molecule has 3 rings (SSSR count). The highest BCUT2D eigenvalue weighted by Crippen LogP contribution is 2.28. The zero-order valence-corrected chi connectivity index (χ0v) is 17.8. The van der Waals surface area contributed by atoms with Crippen molar-refractivity contribution in [3.8, 4) is 0 Å². The first-order valence-electron chi connectivity index (χ1n) is 9.64. The lowest BCUT2D eigenvalue weighted by Crippen LogP contribution is -2.27. The Morgan fingerprint density at radius 3 is 2.61 bits per heavy atom. The monoisotopic (exact) mass is 400 g/mol. The summed E-state index contributed by atoms with van der Waals surface area (Å²) in [7, 11) is 0. The summed E-state index contributed by atoms with van der Waals surface area (Å²) in [5.41, 5.74) is 1.41. The summed E-state index contributed by atoms with van der Waals surface area (Å²) in [4.78, 5) is 32.1. The van der Waals surface area contributed by atoms with Crippen molar-refractivity contribution in [2.24, 2.45) is 5.41 Å². The average molecular weight is 401 g/mol. The number of aromatic nitrogens is 1. The molecular weight excluding hydrogens is 372 g/mol. The molecule has 1 saturated heterocycles. The number of hydrogen-bond donors (Lipinski definition) is 2. The highest BCUT2D eigenvalue weighted by atomic mass is 32.1. The van der Waals surface area contributed by atoms with Gasteiger partial charge in [0.1, 0.15) is 5.82 Å². The van der Waals surface area contributed by atoms with Crippen molar-refractivity contribution in [3.63, 3.8) is 0 Å². The molecule has 1 aliphatic heterocycles. The van der Waals surface area contributed by atoms with Gasteiger partial charge in [0.05, 0.1) is 9.88 Å². The molecule has 150 valence electrons. The Balaban J connectivity index is 1.62. The van der Waals surface area contributed by atoms with Crippen LogP contribution >= 0.6 is 11.3 Å². The first-order valence-corrected chi connectivity index (χ1v) is 10.5. The molecule has 6 nitrogen and oxygen atoms in total. The molecular formula is C21H28N4O2S. The summed E-state index contributed by atoms with van der Waals surface area (Å²) in [5, 5.41) is 6.58. The van der Waals surface area contributed by atoms with Crippen molar-refractivity contribution in [2.45, 2.75) is 47.1 Å². The number of carbonyl (C=O) groups is 2. The van der Waals surface area contributed by atoms with Crippen LogP contribution in [0.1, 0.15) is 54.4 Å². The summed E-state index contributed by atoms with van der Waals surface area (Å²) in [6.45, 7) is 10.0. The lowest BCUT2D eigenvalue weighted by atomic mass is 9.96. The van der Waals surface area contributed by atoms with E-state index in [2.05, 4.69) is 20.5 Å². The molecule has 2 aromatic rings. The van der Waals surface area contributed by atoms with Crippen LogP contribution in [0.4, 0.5) is 10.8 Å². The second-order valence-electron chi connectivity index (χ2n) is 8.23. The second kappa shape index (κ2) is 8.31. The molecule has 2 aromatic heterocycles. The van der Waals surface area contributed by atoms with Gasteiger partial charge in [0.2, 0.25) is 5.91 Å². The number of nitrogens with zero attached hydrogens (tertiary/aromatic N) is 2. The average Bonchev–Trinajstić information content (AvgIpc) is 3.29. The summed E-state index contributed by atoms with van der Waals surface area (Å²) in [6.07, 6.45) is 4.20. The number of amides is 2. The maximum Gasteiger partial charge on any atom is 0.261 e. The van der Waals surface area contributed by atoms with Crippen molar-refractivity contribution < 1.29 is 9.59 Å². The fraction of sp³-hybridized carbons (Fsp3) is 0.476. The molecule has 0 saturated carbocycles. The van der Waals surface area contributed by atoms with Gasteiger partial charge in [-0.1, -0.05) is 20.8 Å². The zero-order valence-electron chi connectivity index (χ0n) is 17.0. The van der Waals surface area contributed by atoms with Gasteiger partial charge in [0.15, 0.2) is 0 Å². The van der Waals surface area contributed by atoms with Crippen LogP contribution in [0.2, 0.25) is 0 Å². The van der Waals surface area contributed by atoms with Crippen molar-refractivity contribution in [1.29, 1.82) is 0 Å². The van der Waals surface area contributed by atoms with Crippen LogP contribution in [0.3, 0.4) is 0 Å². The normalized spacial score (nSPS) is 14.2. The number of nitrogens with one attached hydrogen (secondary N) is 2. The van der Waals surface area contributed by atoms with Crippen LogP contribution in [0.15, 0.2) is 24.4 Å². The number of thiophene rings is 1. The van der Waals surface area contributed by atoms with Gasteiger partial charge >= 0.3 is 0 Å². The van der Waals surface area contributed by atoms with Gasteiger partial charge in [-0.05, 0) is 49.1 Å². The Kier molecular flexibility index (Phi) is 6.03. The molecule has 0 spiro atoms. The molecule has 0 unspecified atom stereocenters. The minimum atomic E-state index is -0.477. The minimum Gasteiger partial charge on any atom is -0.357 e. The summed E-state index contributed by atoms with van der Waals surface area (Å²) in [5.74, 6) is 0.786. The minimum absolute atomic E-state index is 0.0630. The fourth-order valence-electron chi connectivity index (χ4n) is 3.02. The van der Waals surface area contributed by atoms with E-state index in [0.717, 1.165) is 30.0 Å². The van der Waals surface area contributed by atoms with E-state index in [-0.39, 0.29) is 11.8 Å². The van der Waals surface area contributed by atoms with E-state index in [0.29, 0.717) is 16.4 Å². The zero-order chi connectivity index (χ0) is 20.3. The predicted octanol–water partition coefficient (Wildman–Crippen LogP) is 3.97. The molecule has 0 aliphatic carbocycles. The van der Waals surface area contributed by atoms with E-state index in [1.807, 2.05) is 45.9 Å². The molecule has 7 heteroatoms. The van der Waals surface area contributed by atoms with E-state index < -0.39 is 5.41 Å². The molecule has 1 fully saturated rings. The molecule has 0 atom stereocenters. The highest BCUT2D eigenvalue weighted by Gasteiger charge is 2.23. The van der Waals surface area contributed by atoms with Gasteiger partial charge in [0.25, 0.3) is 5.91 Å². The fourth-order valence-corrected chi connectivity index (χ4v) is 4.00. The summed E-state index contributed by atoms with van der Waals surface area (Å²) >= 11 is 1.31. The molecule has 2 amide bonds. The molecule has 28 heavy (non-hydrogen) atoms. The van der Waals surface area contributed by atoms with Gasteiger partial charge < -0.3 is 15.5 Å². The maximum absolute atomic E-state index is 12.6. The van der Waals surface area contributed by atoms with Gasteiger partial charge in [0, 0.05) is 31.2 Å². The van der Waals surface area contributed by atoms with Crippen LogP contribution in [-0.4, -0.2) is 29.9 Å². The Bertz CT molecular complexity index is 864. The van der Waals surface area contributed by atoms with Crippen LogP contribution in [-0.2, 0) is 11.3 Å². The van der Waals surface area contributed by atoms with Gasteiger partial charge in [-0.3, -0.25) is 9.59 Å². The van der Waals surface area contributed by atoms with Crippen LogP contribution in [0, 0.1) is 12.3 Å².